The van der Waals surface area contributed by atoms with Crippen molar-refractivity contribution in [1.29, 1.82) is 0 Å². The molecule has 0 saturated carbocycles. The summed E-state index contributed by atoms with van der Waals surface area (Å²) in [6.45, 7) is 1.04. The van der Waals surface area contributed by atoms with Crippen molar-refractivity contribution >= 4 is 0 Å². The molecule has 1 N–H and O–H groups in total. The second kappa shape index (κ2) is 4.50. The van der Waals surface area contributed by atoms with E-state index in [1.165, 1.54) is 0 Å². The Balaban J connectivity index is 2.31. The second-order valence-corrected chi connectivity index (χ2v) is 2.94. The maximum absolute atomic E-state index is 11.7. The Morgan fingerprint density at radius 3 is 2.43 bits per heavy atom. The van der Waals surface area contributed by atoms with E-state index < -0.39 is 12.7 Å². The van der Waals surface area contributed by atoms with Gasteiger partial charge in [-0.15, -0.1) is 0 Å². The lowest BCUT2D eigenvalue weighted by atomic mass is 10.3. The lowest BCUT2D eigenvalue weighted by Gasteiger charge is -2.06. The quantitative estimate of drug-likeness (QED) is 0.820. The van der Waals surface area contributed by atoms with E-state index in [4.69, 9.17) is 4.42 Å². The van der Waals surface area contributed by atoms with Crippen LogP contribution in [0, 0.1) is 0 Å². The number of halogens is 3. The maximum atomic E-state index is 11.7. The minimum atomic E-state index is -4.17. The van der Waals surface area contributed by atoms with Gasteiger partial charge in [-0.3, -0.25) is 0 Å². The van der Waals surface area contributed by atoms with E-state index in [0.717, 1.165) is 12.2 Å². The molecule has 0 aliphatic carbocycles. The molecule has 5 heteroatoms. The molecule has 1 rings (SSSR count). The largest absolute Gasteiger partial charge is 0.465 e. The zero-order valence-corrected chi connectivity index (χ0v) is 7.82. The summed E-state index contributed by atoms with van der Waals surface area (Å²) >= 11 is 0. The van der Waals surface area contributed by atoms with Gasteiger partial charge in [0.2, 0.25) is 0 Å². The molecule has 0 aliphatic heterocycles. The lowest BCUT2D eigenvalue weighted by Crippen LogP contribution is -2.28. The molecule has 0 bridgehead atoms. The molecule has 80 valence electrons. The topological polar surface area (TPSA) is 25.2 Å². The van der Waals surface area contributed by atoms with E-state index in [2.05, 4.69) is 5.32 Å². The second-order valence-electron chi connectivity index (χ2n) is 2.94. The van der Waals surface area contributed by atoms with Crippen molar-refractivity contribution in [3.05, 3.63) is 23.7 Å². The average Bonchev–Trinajstić information content (AvgIpc) is 2.50. The van der Waals surface area contributed by atoms with Crippen molar-refractivity contribution in [1.82, 2.24) is 5.32 Å². The molecule has 1 aromatic heterocycles. The van der Waals surface area contributed by atoms with Crippen molar-refractivity contribution < 1.29 is 17.6 Å². The van der Waals surface area contributed by atoms with Gasteiger partial charge >= 0.3 is 6.18 Å². The molecule has 0 aliphatic rings. The summed E-state index contributed by atoms with van der Waals surface area (Å²) in [6.07, 6.45) is -3.42. The molecule has 2 nitrogen and oxygen atoms in total. The number of aryl methyl sites for hydroxylation is 1. The molecule has 0 spiro atoms. The summed E-state index contributed by atoms with van der Waals surface area (Å²) in [6, 6.07) is 3.45. The minimum absolute atomic E-state index is 0.111. The Morgan fingerprint density at radius 1 is 1.29 bits per heavy atom. The Hall–Kier alpha value is -0.970. The SMILES string of the molecule is CCc1ccc(CNCC(F)(F)F)o1. The fourth-order valence-corrected chi connectivity index (χ4v) is 1.03. The van der Waals surface area contributed by atoms with E-state index >= 15 is 0 Å². The predicted octanol–water partition coefficient (Wildman–Crippen LogP) is 2.49. The van der Waals surface area contributed by atoms with Crippen LogP contribution in [-0.4, -0.2) is 12.7 Å². The number of rotatable bonds is 4. The summed E-state index contributed by atoms with van der Waals surface area (Å²) in [7, 11) is 0. The van der Waals surface area contributed by atoms with Gasteiger partial charge in [0.25, 0.3) is 0 Å². The highest BCUT2D eigenvalue weighted by molar-refractivity contribution is 5.06. The molecule has 0 unspecified atom stereocenters. The number of alkyl halides is 3. The number of hydrogen-bond donors (Lipinski definition) is 1. The fourth-order valence-electron chi connectivity index (χ4n) is 1.03. The molecule has 0 aromatic carbocycles. The average molecular weight is 207 g/mol. The smallest absolute Gasteiger partial charge is 0.401 e. The Morgan fingerprint density at radius 2 is 1.93 bits per heavy atom. The first-order valence-electron chi connectivity index (χ1n) is 4.36. The molecule has 0 amide bonds. The standard InChI is InChI=1S/C9H12F3NO/c1-2-7-3-4-8(14-7)5-13-6-9(10,11)12/h3-4,13H,2,5-6H2,1H3. The van der Waals surface area contributed by atoms with Gasteiger partial charge in [0.15, 0.2) is 0 Å². The third-order valence-electron chi connectivity index (χ3n) is 1.69. The molecule has 0 fully saturated rings. The van der Waals surface area contributed by atoms with Gasteiger partial charge < -0.3 is 9.73 Å². The van der Waals surface area contributed by atoms with Crippen LogP contribution in [-0.2, 0) is 13.0 Å². The van der Waals surface area contributed by atoms with E-state index in [1.807, 2.05) is 6.92 Å². The maximum Gasteiger partial charge on any atom is 0.401 e. The first-order valence-corrected chi connectivity index (χ1v) is 4.36. The lowest BCUT2D eigenvalue weighted by molar-refractivity contribution is -0.125. The van der Waals surface area contributed by atoms with Gasteiger partial charge in [0.1, 0.15) is 11.5 Å². The first-order chi connectivity index (χ1) is 6.51. The summed E-state index contributed by atoms with van der Waals surface area (Å²) < 4.78 is 40.4. The number of hydrogen-bond acceptors (Lipinski definition) is 2. The van der Waals surface area contributed by atoms with Crippen LogP contribution in [0.15, 0.2) is 16.5 Å². The summed E-state index contributed by atoms with van der Waals surface area (Å²) in [4.78, 5) is 0. The van der Waals surface area contributed by atoms with E-state index in [9.17, 15) is 13.2 Å². The van der Waals surface area contributed by atoms with Crippen LogP contribution >= 0.6 is 0 Å². The third kappa shape index (κ3) is 3.83. The van der Waals surface area contributed by atoms with Gasteiger partial charge in [-0.1, -0.05) is 6.92 Å². The van der Waals surface area contributed by atoms with E-state index in [0.29, 0.717) is 5.76 Å². The van der Waals surface area contributed by atoms with Crippen LogP contribution in [0.3, 0.4) is 0 Å². The Kier molecular flexibility index (Phi) is 3.57. The number of nitrogens with one attached hydrogen (secondary N) is 1. The van der Waals surface area contributed by atoms with Gasteiger partial charge in [-0.05, 0) is 12.1 Å². The van der Waals surface area contributed by atoms with Gasteiger partial charge in [-0.2, -0.15) is 13.2 Å². The Labute approximate surface area is 80.1 Å². The van der Waals surface area contributed by atoms with Crippen LogP contribution in [0.2, 0.25) is 0 Å². The fraction of sp³-hybridized carbons (Fsp3) is 0.556. The monoisotopic (exact) mass is 207 g/mol. The first kappa shape index (κ1) is 11.1. The van der Waals surface area contributed by atoms with Crippen LogP contribution in [0.25, 0.3) is 0 Å². The highest BCUT2D eigenvalue weighted by Gasteiger charge is 2.26. The highest BCUT2D eigenvalue weighted by atomic mass is 19.4. The zero-order chi connectivity index (χ0) is 10.6. The van der Waals surface area contributed by atoms with E-state index in [-0.39, 0.29) is 6.54 Å². The van der Waals surface area contributed by atoms with Crippen molar-refractivity contribution in [2.45, 2.75) is 26.1 Å². The molecule has 1 heterocycles. The van der Waals surface area contributed by atoms with E-state index in [1.54, 1.807) is 12.1 Å². The summed E-state index contributed by atoms with van der Waals surface area (Å²) in [5, 5.41) is 2.26. The van der Waals surface area contributed by atoms with Crippen LogP contribution in [0.1, 0.15) is 18.4 Å². The van der Waals surface area contributed by atoms with Crippen molar-refractivity contribution in [2.75, 3.05) is 6.54 Å². The molecule has 0 saturated heterocycles. The zero-order valence-electron chi connectivity index (χ0n) is 7.82. The minimum Gasteiger partial charge on any atom is -0.465 e. The Bertz CT molecular complexity index is 280. The van der Waals surface area contributed by atoms with Crippen LogP contribution in [0.5, 0.6) is 0 Å². The van der Waals surface area contributed by atoms with Gasteiger partial charge in [0, 0.05) is 6.42 Å². The highest BCUT2D eigenvalue weighted by Crippen LogP contribution is 2.13. The molecule has 0 atom stereocenters. The molecule has 14 heavy (non-hydrogen) atoms. The third-order valence-corrected chi connectivity index (χ3v) is 1.69. The molecule has 1 aromatic rings. The van der Waals surface area contributed by atoms with Crippen molar-refractivity contribution in [2.24, 2.45) is 0 Å². The summed E-state index contributed by atoms with van der Waals surface area (Å²) in [5.74, 6) is 1.32. The van der Waals surface area contributed by atoms with Crippen LogP contribution < -0.4 is 5.32 Å². The number of furan rings is 1. The molecular weight excluding hydrogens is 195 g/mol. The molecular formula is C9H12F3NO. The van der Waals surface area contributed by atoms with Crippen molar-refractivity contribution in [3.63, 3.8) is 0 Å². The van der Waals surface area contributed by atoms with Gasteiger partial charge in [-0.25, -0.2) is 0 Å². The van der Waals surface area contributed by atoms with Gasteiger partial charge in [0.05, 0.1) is 13.1 Å². The van der Waals surface area contributed by atoms with Crippen molar-refractivity contribution in [3.8, 4) is 0 Å². The normalized spacial score (nSPS) is 12.0. The summed E-state index contributed by atoms with van der Waals surface area (Å²) in [5.41, 5.74) is 0. The predicted molar refractivity (Wildman–Crippen MR) is 45.8 cm³/mol. The van der Waals surface area contributed by atoms with Crippen LogP contribution in [0.4, 0.5) is 13.2 Å². The molecule has 0 radical (unpaired) electrons.